The maximum Gasteiger partial charge on any atom is 0.202 e. The van der Waals surface area contributed by atoms with Gasteiger partial charge in [-0.2, -0.15) is 0 Å². The smallest absolute Gasteiger partial charge is 0.202 e. The molecule has 0 amide bonds. The number of benzene rings is 1. The molecule has 0 bridgehead atoms. The van der Waals surface area contributed by atoms with Crippen molar-refractivity contribution in [3.05, 3.63) is 40.6 Å². The molecule has 0 fully saturated rings. The maximum atomic E-state index is 13.2. The highest BCUT2D eigenvalue weighted by Gasteiger charge is 2.29. The Labute approximate surface area is 113 Å². The van der Waals surface area contributed by atoms with Gasteiger partial charge in [0.25, 0.3) is 0 Å². The number of anilines is 1. The van der Waals surface area contributed by atoms with Crippen molar-refractivity contribution in [3.63, 3.8) is 0 Å². The largest absolute Gasteiger partial charge is 0.369 e. The average Bonchev–Trinajstić information content (AvgIpc) is 2.94. The van der Waals surface area contributed by atoms with Gasteiger partial charge >= 0.3 is 0 Å². The van der Waals surface area contributed by atoms with Gasteiger partial charge in [-0.1, -0.05) is 0 Å². The summed E-state index contributed by atoms with van der Waals surface area (Å²) >= 11 is 1.56. The monoisotopic (exact) mass is 276 g/mol. The van der Waals surface area contributed by atoms with Crippen LogP contribution in [-0.2, 0) is 5.54 Å². The molecule has 98 valence electrons. The van der Waals surface area contributed by atoms with Crippen LogP contribution in [0.1, 0.15) is 18.9 Å². The van der Waals surface area contributed by atoms with Crippen molar-refractivity contribution >= 4 is 28.3 Å². The molecule has 0 saturated heterocycles. The van der Waals surface area contributed by atoms with Gasteiger partial charge < -0.3 is 5.73 Å². The van der Waals surface area contributed by atoms with Gasteiger partial charge in [0.15, 0.2) is 0 Å². The molecule has 0 aliphatic heterocycles. The van der Waals surface area contributed by atoms with Gasteiger partial charge in [-0.25, -0.2) is 14.4 Å². The van der Waals surface area contributed by atoms with Crippen molar-refractivity contribution in [2.75, 3.05) is 5.73 Å². The molecule has 0 saturated carbocycles. The Hall–Kier alpha value is -1.95. The molecule has 2 aromatic heterocycles. The number of fused-ring (bicyclic) bond motifs is 1. The lowest BCUT2D eigenvalue weighted by atomic mass is 10.1. The lowest BCUT2D eigenvalue weighted by Crippen LogP contribution is -2.28. The molecule has 6 heteroatoms. The number of hydrogen-bond donors (Lipinski definition) is 1. The first-order valence-corrected chi connectivity index (χ1v) is 6.72. The SMILES string of the molecule is CC(C)(c1nccs1)n1c(N)nc2cc(F)ccc21. The Kier molecular flexibility index (Phi) is 2.56. The standard InChI is InChI=1S/C13H13FN4S/c1-13(2,11-16-5-6-19-11)18-10-4-3-8(14)7-9(10)17-12(18)15/h3-7H,1-2H3,(H2,15,17). The number of aromatic nitrogens is 3. The summed E-state index contributed by atoms with van der Waals surface area (Å²) in [5, 5.41) is 2.86. The molecule has 0 spiro atoms. The van der Waals surface area contributed by atoms with E-state index in [1.54, 1.807) is 23.6 Å². The number of hydrogen-bond acceptors (Lipinski definition) is 4. The van der Waals surface area contributed by atoms with Crippen LogP contribution in [0.3, 0.4) is 0 Å². The van der Waals surface area contributed by atoms with Crippen molar-refractivity contribution in [1.29, 1.82) is 0 Å². The highest BCUT2D eigenvalue weighted by molar-refractivity contribution is 7.09. The van der Waals surface area contributed by atoms with E-state index in [9.17, 15) is 4.39 Å². The Balaban J connectivity index is 2.28. The molecule has 0 atom stereocenters. The molecule has 19 heavy (non-hydrogen) atoms. The van der Waals surface area contributed by atoms with Crippen LogP contribution >= 0.6 is 11.3 Å². The van der Waals surface area contributed by atoms with Crippen LogP contribution < -0.4 is 5.73 Å². The van der Waals surface area contributed by atoms with Crippen molar-refractivity contribution in [2.24, 2.45) is 0 Å². The van der Waals surface area contributed by atoms with E-state index in [2.05, 4.69) is 9.97 Å². The number of nitrogens with zero attached hydrogens (tertiary/aromatic N) is 3. The second-order valence-electron chi connectivity index (χ2n) is 4.83. The van der Waals surface area contributed by atoms with E-state index in [0.717, 1.165) is 10.5 Å². The minimum absolute atomic E-state index is 0.316. The third kappa shape index (κ3) is 1.79. The molecule has 3 rings (SSSR count). The Bertz CT molecular complexity index is 731. The number of nitrogen functional groups attached to an aromatic ring is 1. The number of rotatable bonds is 2. The molecule has 0 radical (unpaired) electrons. The second-order valence-corrected chi connectivity index (χ2v) is 5.73. The van der Waals surface area contributed by atoms with Gasteiger partial charge in [0.05, 0.1) is 16.6 Å². The lowest BCUT2D eigenvalue weighted by Gasteiger charge is -2.26. The summed E-state index contributed by atoms with van der Waals surface area (Å²) in [5.41, 5.74) is 6.94. The molecule has 0 aliphatic carbocycles. The van der Waals surface area contributed by atoms with E-state index in [-0.39, 0.29) is 5.82 Å². The number of halogens is 1. The first kappa shape index (κ1) is 12.1. The third-order valence-corrected chi connectivity index (χ3v) is 4.24. The van der Waals surface area contributed by atoms with Crippen molar-refractivity contribution in [1.82, 2.24) is 14.5 Å². The van der Waals surface area contributed by atoms with E-state index in [1.807, 2.05) is 23.8 Å². The zero-order chi connectivity index (χ0) is 13.6. The normalized spacial score (nSPS) is 12.2. The molecular formula is C13H13FN4S. The molecule has 1 aromatic carbocycles. The predicted molar refractivity (Wildman–Crippen MR) is 74.6 cm³/mol. The Morgan fingerprint density at radius 3 is 2.84 bits per heavy atom. The van der Waals surface area contributed by atoms with Crippen LogP contribution in [-0.4, -0.2) is 14.5 Å². The van der Waals surface area contributed by atoms with Gasteiger partial charge in [-0.05, 0) is 26.0 Å². The molecule has 3 aromatic rings. The average molecular weight is 276 g/mol. The zero-order valence-corrected chi connectivity index (χ0v) is 11.4. The van der Waals surface area contributed by atoms with Crippen LogP contribution in [0.4, 0.5) is 10.3 Å². The van der Waals surface area contributed by atoms with Gasteiger partial charge in [0.2, 0.25) is 5.95 Å². The fourth-order valence-electron chi connectivity index (χ4n) is 2.28. The zero-order valence-electron chi connectivity index (χ0n) is 10.6. The van der Waals surface area contributed by atoms with Gasteiger partial charge in [0, 0.05) is 17.6 Å². The molecule has 2 N–H and O–H groups in total. The van der Waals surface area contributed by atoms with Crippen LogP contribution in [0.25, 0.3) is 11.0 Å². The molecule has 0 unspecified atom stereocenters. The summed E-state index contributed by atoms with van der Waals surface area (Å²) < 4.78 is 15.1. The van der Waals surface area contributed by atoms with Gasteiger partial charge in [0.1, 0.15) is 10.8 Å². The van der Waals surface area contributed by atoms with Crippen LogP contribution in [0.5, 0.6) is 0 Å². The van der Waals surface area contributed by atoms with Crippen molar-refractivity contribution < 1.29 is 4.39 Å². The Morgan fingerprint density at radius 1 is 1.37 bits per heavy atom. The predicted octanol–water partition coefficient (Wildman–Crippen LogP) is 3.00. The highest BCUT2D eigenvalue weighted by atomic mass is 32.1. The van der Waals surface area contributed by atoms with Crippen molar-refractivity contribution in [2.45, 2.75) is 19.4 Å². The summed E-state index contributed by atoms with van der Waals surface area (Å²) in [7, 11) is 0. The number of imidazole rings is 1. The number of nitrogens with two attached hydrogens (primary N) is 1. The van der Waals surface area contributed by atoms with Gasteiger partial charge in [-0.15, -0.1) is 11.3 Å². The summed E-state index contributed by atoms with van der Waals surface area (Å²) in [6.45, 7) is 4.04. The van der Waals surface area contributed by atoms with E-state index in [0.29, 0.717) is 11.5 Å². The quantitative estimate of drug-likeness (QED) is 0.782. The molecule has 2 heterocycles. The number of thiazole rings is 1. The third-order valence-electron chi connectivity index (χ3n) is 3.16. The lowest BCUT2D eigenvalue weighted by molar-refractivity contribution is 0.452. The first-order chi connectivity index (χ1) is 9.00. The second kappa shape index (κ2) is 4.03. The van der Waals surface area contributed by atoms with Crippen LogP contribution in [0, 0.1) is 5.82 Å². The van der Waals surface area contributed by atoms with Crippen LogP contribution in [0.2, 0.25) is 0 Å². The summed E-state index contributed by atoms with van der Waals surface area (Å²) in [4.78, 5) is 8.58. The minimum Gasteiger partial charge on any atom is -0.369 e. The highest BCUT2D eigenvalue weighted by Crippen LogP contribution is 2.33. The molecule has 0 aliphatic rings. The Morgan fingerprint density at radius 2 is 2.16 bits per heavy atom. The van der Waals surface area contributed by atoms with Gasteiger partial charge in [-0.3, -0.25) is 4.57 Å². The summed E-state index contributed by atoms with van der Waals surface area (Å²) in [6.07, 6.45) is 1.76. The van der Waals surface area contributed by atoms with E-state index >= 15 is 0 Å². The van der Waals surface area contributed by atoms with Crippen molar-refractivity contribution in [3.8, 4) is 0 Å². The summed E-state index contributed by atoms with van der Waals surface area (Å²) in [5.74, 6) is 0.0463. The van der Waals surface area contributed by atoms with Crippen LogP contribution in [0.15, 0.2) is 29.8 Å². The molecular weight excluding hydrogens is 263 g/mol. The van der Waals surface area contributed by atoms with E-state index in [4.69, 9.17) is 5.73 Å². The van der Waals surface area contributed by atoms with E-state index in [1.165, 1.54) is 12.1 Å². The minimum atomic E-state index is -0.426. The maximum absolute atomic E-state index is 13.2. The first-order valence-electron chi connectivity index (χ1n) is 5.84. The summed E-state index contributed by atoms with van der Waals surface area (Å²) in [6, 6.07) is 4.50. The topological polar surface area (TPSA) is 56.7 Å². The fraction of sp³-hybridized carbons (Fsp3) is 0.231. The molecule has 4 nitrogen and oxygen atoms in total. The fourth-order valence-corrected chi connectivity index (χ4v) is 3.03. The van der Waals surface area contributed by atoms with E-state index < -0.39 is 5.54 Å².